The summed E-state index contributed by atoms with van der Waals surface area (Å²) in [6.45, 7) is 6.15. The fourth-order valence-electron chi connectivity index (χ4n) is 2.67. The van der Waals surface area contributed by atoms with E-state index in [1.54, 1.807) is 13.8 Å². The number of hydrogen-bond acceptors (Lipinski definition) is 7. The SMILES string of the molecule is CC(=O)c1c(C)[nH]c(C(=O)[C@@H](C)OC(=O)/C=C/c2ccc([N+](=O)[O-])o2)c1C. The number of H-pyrrole nitrogens is 1. The molecule has 0 radical (unpaired) electrons. The van der Waals surface area contributed by atoms with Crippen molar-refractivity contribution < 1.29 is 28.5 Å². The third-order valence-corrected chi connectivity index (χ3v) is 3.87. The number of aromatic nitrogens is 1. The lowest BCUT2D eigenvalue weighted by Gasteiger charge is -2.10. The van der Waals surface area contributed by atoms with Gasteiger partial charge in [0.2, 0.25) is 5.78 Å². The number of hydrogen-bond donors (Lipinski definition) is 1. The Hall–Kier alpha value is -3.49. The molecule has 2 rings (SSSR count). The van der Waals surface area contributed by atoms with Gasteiger partial charge in [-0.3, -0.25) is 19.7 Å². The van der Waals surface area contributed by atoms with Gasteiger partial charge in [0.1, 0.15) is 10.7 Å². The number of Topliss-reactive ketones (excluding diaryl/α,β-unsaturated/α-hetero) is 2. The number of nitro groups is 1. The van der Waals surface area contributed by atoms with Crippen molar-refractivity contribution in [3.63, 3.8) is 0 Å². The Morgan fingerprint density at radius 1 is 1.30 bits per heavy atom. The molecule has 1 atom stereocenters. The molecule has 0 amide bonds. The van der Waals surface area contributed by atoms with Crippen LogP contribution in [0.3, 0.4) is 0 Å². The fourth-order valence-corrected chi connectivity index (χ4v) is 2.67. The van der Waals surface area contributed by atoms with Gasteiger partial charge >= 0.3 is 11.9 Å². The quantitative estimate of drug-likeness (QED) is 0.259. The van der Waals surface area contributed by atoms with Crippen LogP contribution in [-0.2, 0) is 9.53 Å². The standard InChI is InChI=1S/C18H18N2O7/c1-9-16(11(3)21)10(2)19-17(9)18(23)12(4)26-15(22)8-6-13-5-7-14(27-13)20(24)25/h5-8,12,19H,1-4H3/b8-6+/t12-/m1/s1. The molecule has 27 heavy (non-hydrogen) atoms. The molecule has 2 heterocycles. The van der Waals surface area contributed by atoms with E-state index in [9.17, 15) is 24.5 Å². The monoisotopic (exact) mass is 374 g/mol. The van der Waals surface area contributed by atoms with E-state index in [2.05, 4.69) is 4.98 Å². The first-order valence-electron chi connectivity index (χ1n) is 7.99. The Morgan fingerprint density at radius 3 is 2.48 bits per heavy atom. The van der Waals surface area contributed by atoms with E-state index in [1.807, 2.05) is 0 Å². The Bertz CT molecular complexity index is 949. The summed E-state index contributed by atoms with van der Waals surface area (Å²) in [6, 6.07) is 2.48. The number of rotatable bonds is 7. The predicted octanol–water partition coefficient (Wildman–Crippen LogP) is 3.16. The zero-order valence-electron chi connectivity index (χ0n) is 15.2. The molecule has 9 nitrogen and oxygen atoms in total. The molecule has 0 aromatic carbocycles. The largest absolute Gasteiger partial charge is 0.451 e. The first-order valence-corrected chi connectivity index (χ1v) is 7.99. The minimum Gasteiger partial charge on any atom is -0.451 e. The summed E-state index contributed by atoms with van der Waals surface area (Å²) in [7, 11) is 0. The molecular weight excluding hydrogens is 356 g/mol. The summed E-state index contributed by atoms with van der Waals surface area (Å²) in [4.78, 5) is 48.7. The fraction of sp³-hybridized carbons (Fsp3) is 0.278. The second-order valence-corrected chi connectivity index (χ2v) is 5.89. The lowest BCUT2D eigenvalue weighted by molar-refractivity contribution is -0.402. The highest BCUT2D eigenvalue weighted by atomic mass is 16.6. The van der Waals surface area contributed by atoms with E-state index in [0.717, 1.165) is 12.1 Å². The highest BCUT2D eigenvalue weighted by molar-refractivity contribution is 6.05. The summed E-state index contributed by atoms with van der Waals surface area (Å²) in [5.41, 5.74) is 1.73. The molecule has 1 N–H and O–H groups in total. The molecule has 0 saturated carbocycles. The van der Waals surface area contributed by atoms with E-state index >= 15 is 0 Å². The second kappa shape index (κ2) is 7.81. The zero-order chi connectivity index (χ0) is 20.3. The van der Waals surface area contributed by atoms with Crippen LogP contribution in [0.2, 0.25) is 0 Å². The molecule has 0 aliphatic carbocycles. The summed E-state index contributed by atoms with van der Waals surface area (Å²) < 4.78 is 9.93. The third kappa shape index (κ3) is 4.38. The van der Waals surface area contributed by atoms with Gasteiger partial charge in [0.25, 0.3) is 0 Å². The van der Waals surface area contributed by atoms with Crippen molar-refractivity contribution in [2.24, 2.45) is 0 Å². The number of carbonyl (C=O) groups excluding carboxylic acids is 3. The van der Waals surface area contributed by atoms with Crippen LogP contribution < -0.4 is 0 Å². The Kier molecular flexibility index (Phi) is 5.74. The minimum atomic E-state index is -1.09. The molecule has 142 valence electrons. The number of aromatic amines is 1. The molecule has 0 fully saturated rings. The topological polar surface area (TPSA) is 133 Å². The van der Waals surface area contributed by atoms with Crippen LogP contribution in [-0.4, -0.2) is 33.5 Å². The van der Waals surface area contributed by atoms with Crippen molar-refractivity contribution in [1.29, 1.82) is 0 Å². The molecular formula is C18H18N2O7. The van der Waals surface area contributed by atoms with Crippen LogP contribution >= 0.6 is 0 Å². The zero-order valence-corrected chi connectivity index (χ0v) is 15.2. The maximum Gasteiger partial charge on any atom is 0.433 e. The summed E-state index contributed by atoms with van der Waals surface area (Å²) in [5.74, 6) is -1.81. The lowest BCUT2D eigenvalue weighted by atomic mass is 10.0. The molecule has 0 bridgehead atoms. The number of carbonyl (C=O) groups is 3. The third-order valence-electron chi connectivity index (χ3n) is 3.87. The average molecular weight is 374 g/mol. The van der Waals surface area contributed by atoms with Gasteiger partial charge in [-0.15, -0.1) is 0 Å². The van der Waals surface area contributed by atoms with Crippen molar-refractivity contribution in [3.8, 4) is 0 Å². The molecule has 0 saturated heterocycles. The Labute approximate surface area is 154 Å². The van der Waals surface area contributed by atoms with Crippen LogP contribution in [0.1, 0.15) is 51.7 Å². The van der Waals surface area contributed by atoms with Gasteiger partial charge in [-0.1, -0.05) is 0 Å². The first-order chi connectivity index (χ1) is 12.6. The van der Waals surface area contributed by atoms with Gasteiger partial charge in [-0.25, -0.2) is 4.79 Å². The number of nitrogens with zero attached hydrogens (tertiary/aromatic N) is 1. The van der Waals surface area contributed by atoms with E-state index in [1.165, 1.54) is 26.0 Å². The lowest BCUT2D eigenvalue weighted by Crippen LogP contribution is -2.24. The smallest absolute Gasteiger partial charge is 0.433 e. The van der Waals surface area contributed by atoms with E-state index in [4.69, 9.17) is 9.15 Å². The van der Waals surface area contributed by atoms with Gasteiger partial charge in [0.15, 0.2) is 11.9 Å². The molecule has 2 aromatic rings. The Morgan fingerprint density at radius 2 is 1.96 bits per heavy atom. The number of aryl methyl sites for hydroxylation is 1. The van der Waals surface area contributed by atoms with E-state index < -0.39 is 28.7 Å². The van der Waals surface area contributed by atoms with Crippen molar-refractivity contribution >= 4 is 29.5 Å². The van der Waals surface area contributed by atoms with Crippen LogP contribution in [0.25, 0.3) is 6.08 Å². The molecule has 2 aromatic heterocycles. The van der Waals surface area contributed by atoms with Crippen LogP contribution in [0.4, 0.5) is 5.88 Å². The second-order valence-electron chi connectivity index (χ2n) is 5.89. The van der Waals surface area contributed by atoms with E-state index in [0.29, 0.717) is 16.8 Å². The maximum absolute atomic E-state index is 12.5. The normalized spacial score (nSPS) is 12.1. The van der Waals surface area contributed by atoms with Crippen molar-refractivity contribution in [2.45, 2.75) is 33.8 Å². The molecule has 0 aliphatic heterocycles. The van der Waals surface area contributed by atoms with Gasteiger partial charge in [-0.05, 0) is 45.4 Å². The van der Waals surface area contributed by atoms with Crippen LogP contribution in [0, 0.1) is 24.0 Å². The highest BCUT2D eigenvalue weighted by Crippen LogP contribution is 2.21. The van der Waals surface area contributed by atoms with E-state index in [-0.39, 0.29) is 17.2 Å². The van der Waals surface area contributed by atoms with Crippen molar-refractivity contribution in [3.05, 3.63) is 56.6 Å². The average Bonchev–Trinajstić information content (AvgIpc) is 3.16. The number of furan rings is 1. The summed E-state index contributed by atoms with van der Waals surface area (Å²) >= 11 is 0. The highest BCUT2D eigenvalue weighted by Gasteiger charge is 2.25. The number of esters is 1. The molecule has 0 aliphatic rings. The number of nitrogens with one attached hydrogen (secondary N) is 1. The van der Waals surface area contributed by atoms with Gasteiger partial charge in [0.05, 0.1) is 11.8 Å². The predicted molar refractivity (Wildman–Crippen MR) is 94.6 cm³/mol. The molecule has 0 spiro atoms. The number of ether oxygens (including phenoxy) is 1. The van der Waals surface area contributed by atoms with Gasteiger partial charge in [-0.2, -0.15) is 0 Å². The minimum absolute atomic E-state index is 0.0968. The van der Waals surface area contributed by atoms with Crippen LogP contribution in [0.5, 0.6) is 0 Å². The molecule has 9 heteroatoms. The Balaban J connectivity index is 2.06. The summed E-state index contributed by atoms with van der Waals surface area (Å²) in [5, 5.41) is 10.5. The first kappa shape index (κ1) is 19.8. The summed E-state index contributed by atoms with van der Waals surface area (Å²) in [6.07, 6.45) is 1.11. The van der Waals surface area contributed by atoms with Gasteiger partial charge in [0, 0.05) is 17.3 Å². The molecule has 0 unspecified atom stereocenters. The van der Waals surface area contributed by atoms with Gasteiger partial charge < -0.3 is 14.1 Å². The van der Waals surface area contributed by atoms with Crippen LogP contribution in [0.15, 0.2) is 22.6 Å². The maximum atomic E-state index is 12.5. The van der Waals surface area contributed by atoms with Crippen molar-refractivity contribution in [2.75, 3.05) is 0 Å². The number of ketones is 2. The van der Waals surface area contributed by atoms with Crippen molar-refractivity contribution in [1.82, 2.24) is 4.98 Å².